The number of benzene rings is 1. The highest BCUT2D eigenvalue weighted by molar-refractivity contribution is 5.94. The number of amides is 1. The van der Waals surface area contributed by atoms with E-state index in [0.717, 1.165) is 12.1 Å². The van der Waals surface area contributed by atoms with Crippen LogP contribution < -0.4 is 5.73 Å². The molecule has 0 unspecified atom stereocenters. The van der Waals surface area contributed by atoms with Gasteiger partial charge in [-0.25, -0.2) is 0 Å². The molecule has 0 atom stereocenters. The maximum absolute atomic E-state index is 11.2. The van der Waals surface area contributed by atoms with Gasteiger partial charge in [-0.1, -0.05) is 25.1 Å². The molecule has 0 aliphatic rings. The first kappa shape index (κ1) is 12.7. The third-order valence-electron chi connectivity index (χ3n) is 2.54. The first-order chi connectivity index (χ1) is 7.69. The molecule has 1 aromatic carbocycles. The molecule has 1 rings (SSSR count). The minimum Gasteiger partial charge on any atom is -0.395 e. The molecule has 1 aromatic rings. The lowest BCUT2D eigenvalue weighted by atomic mass is 10.1. The summed E-state index contributed by atoms with van der Waals surface area (Å²) in [5, 5.41) is 8.89. The van der Waals surface area contributed by atoms with Crippen molar-refractivity contribution < 1.29 is 9.90 Å². The number of carbonyl (C=O) groups is 1. The lowest BCUT2D eigenvalue weighted by Gasteiger charge is -2.20. The maximum atomic E-state index is 11.2. The molecule has 0 saturated heterocycles. The molecule has 1 amide bonds. The van der Waals surface area contributed by atoms with Gasteiger partial charge in [0.25, 0.3) is 0 Å². The number of aliphatic hydroxyl groups excluding tert-OH is 1. The van der Waals surface area contributed by atoms with Gasteiger partial charge in [0.1, 0.15) is 0 Å². The lowest BCUT2D eigenvalue weighted by molar-refractivity contribution is 0.0998. The Morgan fingerprint density at radius 1 is 1.44 bits per heavy atom. The van der Waals surface area contributed by atoms with Gasteiger partial charge in [-0.05, 0) is 18.2 Å². The van der Waals surface area contributed by atoms with E-state index in [-0.39, 0.29) is 6.61 Å². The summed E-state index contributed by atoms with van der Waals surface area (Å²) in [5.74, 6) is -0.407. The van der Waals surface area contributed by atoms with Crippen LogP contribution in [0.1, 0.15) is 22.8 Å². The summed E-state index contributed by atoms with van der Waals surface area (Å²) in [7, 11) is 0. The molecular formula is C12H18N2O2. The van der Waals surface area contributed by atoms with E-state index in [9.17, 15) is 4.79 Å². The number of aliphatic hydroxyl groups is 1. The molecule has 0 heterocycles. The summed E-state index contributed by atoms with van der Waals surface area (Å²) >= 11 is 0. The Morgan fingerprint density at radius 2 is 2.12 bits per heavy atom. The molecule has 3 N–H and O–H groups in total. The summed E-state index contributed by atoms with van der Waals surface area (Å²) in [4.78, 5) is 13.3. The highest BCUT2D eigenvalue weighted by Crippen LogP contribution is 2.10. The topological polar surface area (TPSA) is 66.6 Å². The largest absolute Gasteiger partial charge is 0.395 e. The number of likely N-dealkylation sites (N-methyl/N-ethyl adjacent to an activating group) is 1. The average Bonchev–Trinajstić information content (AvgIpc) is 2.29. The van der Waals surface area contributed by atoms with Crippen molar-refractivity contribution in [3.05, 3.63) is 35.4 Å². The van der Waals surface area contributed by atoms with Gasteiger partial charge in [0.2, 0.25) is 5.91 Å². The van der Waals surface area contributed by atoms with Crippen LogP contribution in [0.5, 0.6) is 0 Å². The van der Waals surface area contributed by atoms with Gasteiger partial charge in [0, 0.05) is 18.7 Å². The van der Waals surface area contributed by atoms with E-state index in [1.54, 1.807) is 12.1 Å². The summed E-state index contributed by atoms with van der Waals surface area (Å²) in [6, 6.07) is 7.30. The Labute approximate surface area is 95.7 Å². The van der Waals surface area contributed by atoms with E-state index in [2.05, 4.69) is 4.90 Å². The van der Waals surface area contributed by atoms with Crippen LogP contribution in [0.3, 0.4) is 0 Å². The second-order valence-electron chi connectivity index (χ2n) is 3.61. The number of rotatable bonds is 6. The molecule has 0 bridgehead atoms. The van der Waals surface area contributed by atoms with Gasteiger partial charge < -0.3 is 10.8 Å². The molecule has 16 heavy (non-hydrogen) atoms. The molecule has 0 aromatic heterocycles. The molecular weight excluding hydrogens is 204 g/mol. The first-order valence-corrected chi connectivity index (χ1v) is 5.40. The summed E-state index contributed by atoms with van der Waals surface area (Å²) in [6.45, 7) is 4.20. The van der Waals surface area contributed by atoms with Crippen LogP contribution in [-0.2, 0) is 6.54 Å². The van der Waals surface area contributed by atoms with Crippen LogP contribution in [-0.4, -0.2) is 35.6 Å². The van der Waals surface area contributed by atoms with E-state index in [4.69, 9.17) is 10.8 Å². The first-order valence-electron chi connectivity index (χ1n) is 5.40. The molecule has 0 aliphatic heterocycles. The molecule has 88 valence electrons. The van der Waals surface area contributed by atoms with Crippen molar-refractivity contribution in [3.8, 4) is 0 Å². The standard InChI is InChI=1S/C12H18N2O2/c1-2-14(7-8-15)9-10-5-3-4-6-11(10)12(13)16/h3-6,15H,2,7-9H2,1H3,(H2,13,16). The Kier molecular flexibility index (Phi) is 4.95. The Morgan fingerprint density at radius 3 is 2.69 bits per heavy atom. The van der Waals surface area contributed by atoms with E-state index in [1.807, 2.05) is 19.1 Å². The van der Waals surface area contributed by atoms with Crippen molar-refractivity contribution in [3.63, 3.8) is 0 Å². The van der Waals surface area contributed by atoms with Crippen molar-refractivity contribution in [2.45, 2.75) is 13.5 Å². The summed E-state index contributed by atoms with van der Waals surface area (Å²) < 4.78 is 0. The van der Waals surface area contributed by atoms with E-state index in [1.165, 1.54) is 0 Å². The smallest absolute Gasteiger partial charge is 0.249 e. The van der Waals surface area contributed by atoms with Crippen molar-refractivity contribution in [2.75, 3.05) is 19.7 Å². The average molecular weight is 222 g/mol. The Balaban J connectivity index is 2.82. The predicted octanol–water partition coefficient (Wildman–Crippen LogP) is 0.600. The third kappa shape index (κ3) is 3.32. The minimum atomic E-state index is -0.407. The number of nitrogens with zero attached hydrogens (tertiary/aromatic N) is 1. The normalized spacial score (nSPS) is 10.7. The molecule has 0 fully saturated rings. The molecule has 0 aliphatic carbocycles. The summed E-state index contributed by atoms with van der Waals surface area (Å²) in [6.07, 6.45) is 0. The lowest BCUT2D eigenvalue weighted by Crippen LogP contribution is -2.27. The fourth-order valence-corrected chi connectivity index (χ4v) is 1.63. The highest BCUT2D eigenvalue weighted by Gasteiger charge is 2.10. The number of primary amides is 1. The fourth-order valence-electron chi connectivity index (χ4n) is 1.63. The van der Waals surface area contributed by atoms with Gasteiger partial charge in [-0.2, -0.15) is 0 Å². The van der Waals surface area contributed by atoms with Crippen LogP contribution in [0.2, 0.25) is 0 Å². The Hall–Kier alpha value is -1.39. The molecule has 0 radical (unpaired) electrons. The van der Waals surface area contributed by atoms with E-state index in [0.29, 0.717) is 18.7 Å². The second-order valence-corrected chi connectivity index (χ2v) is 3.61. The monoisotopic (exact) mass is 222 g/mol. The molecule has 0 saturated carbocycles. The van der Waals surface area contributed by atoms with Crippen molar-refractivity contribution in [1.82, 2.24) is 4.90 Å². The molecule has 4 heteroatoms. The van der Waals surface area contributed by atoms with Gasteiger partial charge in [-0.3, -0.25) is 9.69 Å². The van der Waals surface area contributed by atoms with Gasteiger partial charge in [-0.15, -0.1) is 0 Å². The van der Waals surface area contributed by atoms with E-state index < -0.39 is 5.91 Å². The van der Waals surface area contributed by atoms with Crippen molar-refractivity contribution in [1.29, 1.82) is 0 Å². The van der Waals surface area contributed by atoms with Crippen LogP contribution in [0.25, 0.3) is 0 Å². The highest BCUT2D eigenvalue weighted by atomic mass is 16.3. The Bertz CT molecular complexity index is 353. The van der Waals surface area contributed by atoms with Crippen molar-refractivity contribution in [2.24, 2.45) is 5.73 Å². The van der Waals surface area contributed by atoms with Gasteiger partial charge >= 0.3 is 0 Å². The summed E-state index contributed by atoms with van der Waals surface area (Å²) in [5.41, 5.74) is 6.76. The van der Waals surface area contributed by atoms with Crippen LogP contribution in [0, 0.1) is 0 Å². The zero-order valence-corrected chi connectivity index (χ0v) is 9.52. The number of hydrogen-bond acceptors (Lipinski definition) is 3. The van der Waals surface area contributed by atoms with Gasteiger partial charge in [0.05, 0.1) is 6.61 Å². The van der Waals surface area contributed by atoms with Crippen LogP contribution in [0.4, 0.5) is 0 Å². The van der Waals surface area contributed by atoms with Crippen molar-refractivity contribution >= 4 is 5.91 Å². The zero-order chi connectivity index (χ0) is 12.0. The fraction of sp³-hybridized carbons (Fsp3) is 0.417. The third-order valence-corrected chi connectivity index (χ3v) is 2.54. The van der Waals surface area contributed by atoms with E-state index >= 15 is 0 Å². The van der Waals surface area contributed by atoms with Gasteiger partial charge in [0.15, 0.2) is 0 Å². The maximum Gasteiger partial charge on any atom is 0.249 e. The van der Waals surface area contributed by atoms with Crippen LogP contribution >= 0.6 is 0 Å². The zero-order valence-electron chi connectivity index (χ0n) is 9.52. The molecule has 4 nitrogen and oxygen atoms in total. The predicted molar refractivity (Wildman–Crippen MR) is 63.0 cm³/mol. The molecule has 0 spiro atoms. The SMILES string of the molecule is CCN(CCO)Cc1ccccc1C(N)=O. The minimum absolute atomic E-state index is 0.118. The number of nitrogens with two attached hydrogens (primary N) is 1. The number of hydrogen-bond donors (Lipinski definition) is 2. The second kappa shape index (κ2) is 6.25. The van der Waals surface area contributed by atoms with Crippen LogP contribution in [0.15, 0.2) is 24.3 Å². The quantitative estimate of drug-likeness (QED) is 0.740. The number of carbonyl (C=O) groups excluding carboxylic acids is 1.